The fourth-order valence-corrected chi connectivity index (χ4v) is 1.73. The van der Waals surface area contributed by atoms with Crippen molar-refractivity contribution in [1.29, 1.82) is 0 Å². The summed E-state index contributed by atoms with van der Waals surface area (Å²) in [5.74, 6) is 0.742. The first-order valence-corrected chi connectivity index (χ1v) is 4.95. The molecule has 0 amide bonds. The summed E-state index contributed by atoms with van der Waals surface area (Å²) in [6.45, 7) is 6.88. The van der Waals surface area contributed by atoms with Gasteiger partial charge in [0.05, 0.1) is 0 Å². The molecule has 1 atom stereocenters. The van der Waals surface area contributed by atoms with Gasteiger partial charge >= 0.3 is 0 Å². The highest BCUT2D eigenvalue weighted by Gasteiger charge is 2.25. The summed E-state index contributed by atoms with van der Waals surface area (Å²) in [7, 11) is 2.06. The molecule has 70 valence electrons. The van der Waals surface area contributed by atoms with E-state index in [1.165, 1.54) is 19.3 Å². The van der Waals surface area contributed by atoms with Gasteiger partial charge < -0.3 is 5.32 Å². The van der Waals surface area contributed by atoms with Crippen LogP contribution in [0.2, 0.25) is 0 Å². The van der Waals surface area contributed by atoms with Crippen LogP contribution in [0.4, 0.5) is 0 Å². The van der Waals surface area contributed by atoms with E-state index in [1.807, 2.05) is 0 Å². The van der Waals surface area contributed by atoms with Gasteiger partial charge in [0.1, 0.15) is 0 Å². The minimum Gasteiger partial charge on any atom is -0.314 e. The number of hydrogen-bond acceptors (Lipinski definition) is 1. The second-order valence-electron chi connectivity index (χ2n) is 4.45. The lowest BCUT2D eigenvalue weighted by Gasteiger charge is -2.33. The number of nitrogens with one attached hydrogen (secondary N) is 1. The van der Waals surface area contributed by atoms with Gasteiger partial charge in [-0.1, -0.05) is 25.5 Å². The normalized spacial score (nSPS) is 30.6. The average molecular weight is 167 g/mol. The van der Waals surface area contributed by atoms with Gasteiger partial charge in [-0.15, -0.1) is 0 Å². The maximum absolute atomic E-state index is 3.40. The smallest absolute Gasteiger partial charge is 0.0187 e. The van der Waals surface area contributed by atoms with Gasteiger partial charge in [0, 0.05) is 5.54 Å². The Bertz CT molecular complexity index is 181. The zero-order chi connectivity index (χ0) is 9.19. The molecule has 0 radical (unpaired) electrons. The Morgan fingerprint density at radius 3 is 2.50 bits per heavy atom. The van der Waals surface area contributed by atoms with Crippen LogP contribution in [0.5, 0.6) is 0 Å². The Hall–Kier alpha value is -0.300. The Kier molecular flexibility index (Phi) is 2.94. The molecule has 1 nitrogen and oxygen atoms in total. The standard InChI is InChI=1S/C11H21N/c1-9(2)10-5-7-11(3,12-4)8-6-10/h5,9,12H,6-8H2,1-4H3. The molecular weight excluding hydrogens is 146 g/mol. The zero-order valence-corrected chi connectivity index (χ0v) is 8.78. The molecule has 0 saturated heterocycles. The van der Waals surface area contributed by atoms with Gasteiger partial charge in [-0.05, 0) is 39.2 Å². The molecular formula is C11H21N. The van der Waals surface area contributed by atoms with Crippen molar-refractivity contribution in [3.63, 3.8) is 0 Å². The summed E-state index contributed by atoms with van der Waals surface area (Å²) in [5, 5.41) is 3.40. The zero-order valence-electron chi connectivity index (χ0n) is 8.78. The predicted molar refractivity (Wildman–Crippen MR) is 54.2 cm³/mol. The molecule has 0 spiro atoms. The topological polar surface area (TPSA) is 12.0 Å². The second kappa shape index (κ2) is 3.61. The fourth-order valence-electron chi connectivity index (χ4n) is 1.73. The van der Waals surface area contributed by atoms with E-state index >= 15 is 0 Å². The molecule has 0 aromatic rings. The third-order valence-electron chi connectivity index (χ3n) is 3.13. The lowest BCUT2D eigenvalue weighted by molar-refractivity contribution is 0.340. The van der Waals surface area contributed by atoms with E-state index < -0.39 is 0 Å². The molecule has 0 aromatic heterocycles. The van der Waals surface area contributed by atoms with Crippen LogP contribution in [0.3, 0.4) is 0 Å². The molecule has 1 aliphatic rings. The maximum atomic E-state index is 3.40. The van der Waals surface area contributed by atoms with Crippen molar-refractivity contribution in [1.82, 2.24) is 5.32 Å². The maximum Gasteiger partial charge on any atom is 0.0187 e. The lowest BCUT2D eigenvalue weighted by atomic mass is 9.81. The van der Waals surface area contributed by atoms with Gasteiger partial charge in [-0.2, -0.15) is 0 Å². The molecule has 0 aromatic carbocycles. The van der Waals surface area contributed by atoms with Crippen molar-refractivity contribution < 1.29 is 0 Å². The fraction of sp³-hybridized carbons (Fsp3) is 0.818. The summed E-state index contributed by atoms with van der Waals surface area (Å²) in [6, 6.07) is 0. The van der Waals surface area contributed by atoms with Crippen molar-refractivity contribution >= 4 is 0 Å². The minimum atomic E-state index is 0.360. The molecule has 0 bridgehead atoms. The molecule has 1 rings (SSSR count). The van der Waals surface area contributed by atoms with E-state index in [0.29, 0.717) is 5.54 Å². The molecule has 0 heterocycles. The van der Waals surface area contributed by atoms with Crippen molar-refractivity contribution in [2.75, 3.05) is 7.05 Å². The molecule has 12 heavy (non-hydrogen) atoms. The van der Waals surface area contributed by atoms with Crippen molar-refractivity contribution in [2.45, 2.75) is 45.6 Å². The van der Waals surface area contributed by atoms with Crippen LogP contribution in [0.15, 0.2) is 11.6 Å². The summed E-state index contributed by atoms with van der Waals surface area (Å²) in [4.78, 5) is 0. The Morgan fingerprint density at radius 1 is 1.50 bits per heavy atom. The average Bonchev–Trinajstić information content (AvgIpc) is 2.05. The highest BCUT2D eigenvalue weighted by atomic mass is 14.9. The Labute approximate surface area is 76.2 Å². The Morgan fingerprint density at radius 2 is 2.17 bits per heavy atom. The van der Waals surface area contributed by atoms with E-state index in [1.54, 1.807) is 5.57 Å². The molecule has 0 fully saturated rings. The predicted octanol–water partition coefficient (Wildman–Crippen LogP) is 2.73. The molecule has 0 aliphatic heterocycles. The van der Waals surface area contributed by atoms with E-state index in [-0.39, 0.29) is 0 Å². The summed E-state index contributed by atoms with van der Waals surface area (Å²) < 4.78 is 0. The first-order chi connectivity index (χ1) is 5.57. The molecule has 1 N–H and O–H groups in total. The monoisotopic (exact) mass is 167 g/mol. The summed E-state index contributed by atoms with van der Waals surface area (Å²) in [5.41, 5.74) is 2.00. The van der Waals surface area contributed by atoms with Crippen LogP contribution in [-0.2, 0) is 0 Å². The molecule has 1 unspecified atom stereocenters. The van der Waals surface area contributed by atoms with E-state index in [4.69, 9.17) is 0 Å². The second-order valence-corrected chi connectivity index (χ2v) is 4.45. The first kappa shape index (κ1) is 9.79. The molecule has 1 aliphatic carbocycles. The van der Waals surface area contributed by atoms with Crippen LogP contribution in [0, 0.1) is 5.92 Å². The first-order valence-electron chi connectivity index (χ1n) is 4.95. The van der Waals surface area contributed by atoms with Gasteiger partial charge in [-0.3, -0.25) is 0 Å². The van der Waals surface area contributed by atoms with Crippen LogP contribution < -0.4 is 5.32 Å². The quantitative estimate of drug-likeness (QED) is 0.624. The minimum absolute atomic E-state index is 0.360. The number of rotatable bonds is 2. The van der Waals surface area contributed by atoms with Gasteiger partial charge in [0.25, 0.3) is 0 Å². The summed E-state index contributed by atoms with van der Waals surface area (Å²) in [6.07, 6.45) is 6.17. The van der Waals surface area contributed by atoms with E-state index in [9.17, 15) is 0 Å². The van der Waals surface area contributed by atoms with Gasteiger partial charge in [-0.25, -0.2) is 0 Å². The lowest BCUT2D eigenvalue weighted by Crippen LogP contribution is -2.40. The van der Waals surface area contributed by atoms with Crippen LogP contribution in [-0.4, -0.2) is 12.6 Å². The van der Waals surface area contributed by atoms with Crippen molar-refractivity contribution in [3.05, 3.63) is 11.6 Å². The Balaban J connectivity index is 2.58. The van der Waals surface area contributed by atoms with Crippen LogP contribution in [0.25, 0.3) is 0 Å². The van der Waals surface area contributed by atoms with Crippen molar-refractivity contribution in [2.24, 2.45) is 5.92 Å². The largest absolute Gasteiger partial charge is 0.314 e. The third-order valence-corrected chi connectivity index (χ3v) is 3.13. The van der Waals surface area contributed by atoms with E-state index in [2.05, 4.69) is 39.2 Å². The van der Waals surface area contributed by atoms with Crippen molar-refractivity contribution in [3.8, 4) is 0 Å². The van der Waals surface area contributed by atoms with Gasteiger partial charge in [0.2, 0.25) is 0 Å². The number of hydrogen-bond donors (Lipinski definition) is 1. The highest BCUT2D eigenvalue weighted by Crippen LogP contribution is 2.30. The highest BCUT2D eigenvalue weighted by molar-refractivity contribution is 5.13. The molecule has 1 heteroatoms. The van der Waals surface area contributed by atoms with Gasteiger partial charge in [0.15, 0.2) is 0 Å². The third kappa shape index (κ3) is 2.10. The number of allylic oxidation sites excluding steroid dienone is 1. The van der Waals surface area contributed by atoms with E-state index in [0.717, 1.165) is 5.92 Å². The van der Waals surface area contributed by atoms with Crippen LogP contribution in [0.1, 0.15) is 40.0 Å². The summed E-state index contributed by atoms with van der Waals surface area (Å²) >= 11 is 0. The molecule has 0 saturated carbocycles. The SMILES string of the molecule is CNC1(C)CC=C(C(C)C)CC1. The van der Waals surface area contributed by atoms with Crippen LogP contribution >= 0.6 is 0 Å².